The van der Waals surface area contributed by atoms with Crippen molar-refractivity contribution in [1.29, 1.82) is 0 Å². The minimum atomic E-state index is -0.0199. The molecule has 1 unspecified atom stereocenters. The molecule has 1 aromatic heterocycles. The highest BCUT2D eigenvalue weighted by molar-refractivity contribution is 9.10. The van der Waals surface area contributed by atoms with Crippen molar-refractivity contribution in [1.82, 2.24) is 5.32 Å². The van der Waals surface area contributed by atoms with E-state index in [1.165, 1.54) is 4.88 Å². The lowest BCUT2D eigenvalue weighted by Crippen LogP contribution is -2.33. The maximum atomic E-state index is 12.2. The Hall–Kier alpha value is -1.13. The Balaban J connectivity index is 2.00. The number of carbonyl (C=O) groups is 1. The second kappa shape index (κ2) is 6.35. The van der Waals surface area contributed by atoms with Crippen molar-refractivity contribution in [3.8, 4) is 0 Å². The standard InChI is InChI=1S/C15H16BrNOS/c1-10-6-12(9-13(16)7-10)15(18)17-11(2)8-14-4-3-5-19-14/h3-7,9,11H,8H2,1-2H3,(H,17,18). The Morgan fingerprint density at radius 1 is 1.42 bits per heavy atom. The summed E-state index contributed by atoms with van der Waals surface area (Å²) in [6, 6.07) is 10.00. The molecule has 0 saturated carbocycles. The van der Waals surface area contributed by atoms with E-state index in [1.807, 2.05) is 38.1 Å². The van der Waals surface area contributed by atoms with E-state index in [-0.39, 0.29) is 11.9 Å². The first-order valence-corrected chi connectivity index (χ1v) is 7.82. The Labute approximate surface area is 126 Å². The minimum Gasteiger partial charge on any atom is -0.349 e. The summed E-state index contributed by atoms with van der Waals surface area (Å²) in [5.74, 6) is -0.0199. The summed E-state index contributed by atoms with van der Waals surface area (Å²) in [6.07, 6.45) is 0.871. The number of aryl methyl sites for hydroxylation is 1. The average molecular weight is 338 g/mol. The number of carbonyl (C=O) groups excluding carboxylic acids is 1. The van der Waals surface area contributed by atoms with Crippen LogP contribution in [0.1, 0.15) is 27.7 Å². The van der Waals surface area contributed by atoms with E-state index < -0.39 is 0 Å². The second-order valence-corrected chi connectivity index (χ2v) is 6.62. The van der Waals surface area contributed by atoms with Crippen LogP contribution in [0, 0.1) is 6.92 Å². The van der Waals surface area contributed by atoms with Crippen molar-refractivity contribution in [2.24, 2.45) is 0 Å². The van der Waals surface area contributed by atoms with E-state index in [4.69, 9.17) is 0 Å². The normalized spacial score (nSPS) is 12.2. The van der Waals surface area contributed by atoms with Gasteiger partial charge >= 0.3 is 0 Å². The lowest BCUT2D eigenvalue weighted by atomic mass is 10.1. The minimum absolute atomic E-state index is 0.0199. The zero-order valence-corrected chi connectivity index (χ0v) is 13.3. The van der Waals surface area contributed by atoms with Crippen molar-refractivity contribution in [2.75, 3.05) is 0 Å². The molecule has 0 fully saturated rings. The highest BCUT2D eigenvalue weighted by Crippen LogP contribution is 2.16. The lowest BCUT2D eigenvalue weighted by molar-refractivity contribution is 0.0940. The quantitative estimate of drug-likeness (QED) is 0.890. The summed E-state index contributed by atoms with van der Waals surface area (Å²) in [7, 11) is 0. The van der Waals surface area contributed by atoms with Gasteiger partial charge < -0.3 is 5.32 Å². The molecule has 0 saturated heterocycles. The molecule has 0 spiro atoms. The van der Waals surface area contributed by atoms with Crippen LogP contribution in [0.5, 0.6) is 0 Å². The molecule has 1 aromatic carbocycles. The zero-order chi connectivity index (χ0) is 13.8. The van der Waals surface area contributed by atoms with E-state index in [0.29, 0.717) is 5.56 Å². The number of benzene rings is 1. The first-order chi connectivity index (χ1) is 9.04. The predicted molar refractivity (Wildman–Crippen MR) is 83.8 cm³/mol. The fourth-order valence-electron chi connectivity index (χ4n) is 1.96. The van der Waals surface area contributed by atoms with Crippen molar-refractivity contribution >= 4 is 33.2 Å². The van der Waals surface area contributed by atoms with Gasteiger partial charge in [0.1, 0.15) is 0 Å². The third-order valence-electron chi connectivity index (χ3n) is 2.77. The third-order valence-corrected chi connectivity index (χ3v) is 4.13. The summed E-state index contributed by atoms with van der Waals surface area (Å²) in [4.78, 5) is 13.4. The molecule has 1 amide bonds. The molecular weight excluding hydrogens is 322 g/mol. The molecule has 19 heavy (non-hydrogen) atoms. The van der Waals surface area contributed by atoms with Crippen LogP contribution in [-0.2, 0) is 6.42 Å². The number of halogens is 1. The smallest absolute Gasteiger partial charge is 0.251 e. The first-order valence-electron chi connectivity index (χ1n) is 6.15. The fourth-order valence-corrected chi connectivity index (χ4v) is 3.40. The molecule has 0 bridgehead atoms. The number of amides is 1. The fraction of sp³-hybridized carbons (Fsp3) is 0.267. The van der Waals surface area contributed by atoms with Gasteiger partial charge in [0.15, 0.2) is 0 Å². The summed E-state index contributed by atoms with van der Waals surface area (Å²) < 4.78 is 0.934. The van der Waals surface area contributed by atoms with Gasteiger partial charge in [-0.3, -0.25) is 4.79 Å². The molecule has 100 valence electrons. The van der Waals surface area contributed by atoms with Crippen LogP contribution >= 0.6 is 27.3 Å². The highest BCUT2D eigenvalue weighted by atomic mass is 79.9. The van der Waals surface area contributed by atoms with Crippen molar-refractivity contribution in [3.05, 3.63) is 56.2 Å². The van der Waals surface area contributed by atoms with Gasteiger partial charge in [0.2, 0.25) is 0 Å². The lowest BCUT2D eigenvalue weighted by Gasteiger charge is -2.13. The molecule has 0 aliphatic rings. The maximum Gasteiger partial charge on any atom is 0.251 e. The summed E-state index contributed by atoms with van der Waals surface area (Å²) in [5, 5.41) is 5.09. The molecule has 1 N–H and O–H groups in total. The Kier molecular flexibility index (Phi) is 4.77. The van der Waals surface area contributed by atoms with Crippen molar-refractivity contribution < 1.29 is 4.79 Å². The Bertz CT molecular complexity index is 545. The molecule has 2 nitrogen and oxygen atoms in total. The van der Waals surface area contributed by atoms with Gasteiger partial charge in [-0.05, 0) is 49.1 Å². The second-order valence-electron chi connectivity index (χ2n) is 4.68. The number of thiophene rings is 1. The molecule has 1 heterocycles. The predicted octanol–water partition coefficient (Wildman–Crippen LogP) is 4.18. The van der Waals surface area contributed by atoms with E-state index in [9.17, 15) is 4.79 Å². The van der Waals surface area contributed by atoms with Crippen LogP contribution in [0.15, 0.2) is 40.2 Å². The molecule has 0 aliphatic carbocycles. The van der Waals surface area contributed by atoms with Crippen LogP contribution in [0.3, 0.4) is 0 Å². The average Bonchev–Trinajstić information content (AvgIpc) is 2.80. The zero-order valence-electron chi connectivity index (χ0n) is 10.9. The van der Waals surface area contributed by atoms with E-state index in [0.717, 1.165) is 16.5 Å². The van der Waals surface area contributed by atoms with Gasteiger partial charge in [-0.1, -0.05) is 22.0 Å². The topological polar surface area (TPSA) is 29.1 Å². The van der Waals surface area contributed by atoms with Gasteiger partial charge in [0, 0.05) is 27.4 Å². The third kappa shape index (κ3) is 4.18. The van der Waals surface area contributed by atoms with Gasteiger partial charge in [0.05, 0.1) is 0 Å². The monoisotopic (exact) mass is 337 g/mol. The molecule has 2 aromatic rings. The highest BCUT2D eigenvalue weighted by Gasteiger charge is 2.11. The van der Waals surface area contributed by atoms with Gasteiger partial charge in [-0.15, -0.1) is 11.3 Å². The number of nitrogens with one attached hydrogen (secondary N) is 1. The molecule has 1 atom stereocenters. The molecule has 4 heteroatoms. The summed E-state index contributed by atoms with van der Waals surface area (Å²) in [5.41, 5.74) is 1.77. The van der Waals surface area contributed by atoms with Crippen LogP contribution in [0.2, 0.25) is 0 Å². The number of hydrogen-bond donors (Lipinski definition) is 1. The first kappa shape index (κ1) is 14.3. The van der Waals surface area contributed by atoms with Gasteiger partial charge in [0.25, 0.3) is 5.91 Å². The summed E-state index contributed by atoms with van der Waals surface area (Å²) in [6.45, 7) is 4.01. The Morgan fingerprint density at radius 3 is 2.84 bits per heavy atom. The van der Waals surface area contributed by atoms with Crippen LogP contribution in [0.25, 0.3) is 0 Å². The summed E-state index contributed by atoms with van der Waals surface area (Å²) >= 11 is 5.14. The van der Waals surface area contributed by atoms with E-state index >= 15 is 0 Å². The molecule has 0 radical (unpaired) electrons. The number of hydrogen-bond acceptors (Lipinski definition) is 2. The molecular formula is C15H16BrNOS. The van der Waals surface area contributed by atoms with Crippen LogP contribution in [-0.4, -0.2) is 11.9 Å². The van der Waals surface area contributed by atoms with E-state index in [1.54, 1.807) is 11.3 Å². The molecule has 0 aliphatic heterocycles. The largest absolute Gasteiger partial charge is 0.349 e. The maximum absolute atomic E-state index is 12.2. The van der Waals surface area contributed by atoms with Crippen LogP contribution in [0.4, 0.5) is 0 Å². The van der Waals surface area contributed by atoms with Crippen molar-refractivity contribution in [2.45, 2.75) is 26.3 Å². The van der Waals surface area contributed by atoms with E-state index in [2.05, 4.69) is 32.7 Å². The van der Waals surface area contributed by atoms with Crippen LogP contribution < -0.4 is 5.32 Å². The SMILES string of the molecule is Cc1cc(Br)cc(C(=O)NC(C)Cc2cccs2)c1. The van der Waals surface area contributed by atoms with Gasteiger partial charge in [-0.2, -0.15) is 0 Å². The van der Waals surface area contributed by atoms with Crippen molar-refractivity contribution in [3.63, 3.8) is 0 Å². The molecule has 2 rings (SSSR count). The Morgan fingerprint density at radius 2 is 2.21 bits per heavy atom. The number of rotatable bonds is 4. The van der Waals surface area contributed by atoms with Gasteiger partial charge in [-0.25, -0.2) is 0 Å².